The Morgan fingerprint density at radius 2 is 1.79 bits per heavy atom. The molecule has 0 aromatic heterocycles. The van der Waals surface area contributed by atoms with E-state index in [-0.39, 0.29) is 11.9 Å². The first kappa shape index (κ1) is 17.6. The fourth-order valence-electron chi connectivity index (χ4n) is 2.37. The van der Waals surface area contributed by atoms with Crippen molar-refractivity contribution < 1.29 is 9.53 Å². The molecule has 0 radical (unpaired) electrons. The Balaban J connectivity index is 1.83. The zero-order valence-corrected chi connectivity index (χ0v) is 14.0. The molecular weight excluding hydrogens is 300 g/mol. The normalized spacial score (nSPS) is 12.7. The average Bonchev–Trinajstić information content (AvgIpc) is 2.61. The predicted octanol–water partition coefficient (Wildman–Crippen LogP) is 3.46. The molecule has 0 aliphatic rings. The summed E-state index contributed by atoms with van der Waals surface area (Å²) in [6, 6.07) is 19.2. The molecule has 0 saturated carbocycles. The van der Waals surface area contributed by atoms with Crippen LogP contribution in [-0.2, 0) is 11.2 Å². The number of rotatable bonds is 7. The first-order valence-corrected chi connectivity index (χ1v) is 8.10. The maximum absolute atomic E-state index is 12.2. The molecule has 2 atom stereocenters. The number of nitrogens with one attached hydrogen (secondary N) is 1. The highest BCUT2D eigenvalue weighted by atomic mass is 16.5. The molecule has 0 heterocycles. The number of aryl methyl sites for hydroxylation is 1. The summed E-state index contributed by atoms with van der Waals surface area (Å²) < 4.78 is 5.63. The van der Waals surface area contributed by atoms with Crippen molar-refractivity contribution in [3.63, 3.8) is 0 Å². The Labute approximate surface area is 143 Å². The van der Waals surface area contributed by atoms with Gasteiger partial charge in [-0.3, -0.25) is 4.79 Å². The fourth-order valence-corrected chi connectivity index (χ4v) is 2.37. The molecule has 0 aliphatic heterocycles. The maximum Gasteiger partial charge on any atom is 0.260 e. The molecule has 0 saturated heterocycles. The Morgan fingerprint density at radius 3 is 2.50 bits per heavy atom. The molecule has 4 nitrogen and oxygen atoms in total. The van der Waals surface area contributed by atoms with Gasteiger partial charge in [0.1, 0.15) is 11.8 Å². The van der Waals surface area contributed by atoms with E-state index in [0.29, 0.717) is 11.3 Å². The van der Waals surface area contributed by atoms with E-state index in [9.17, 15) is 4.79 Å². The van der Waals surface area contributed by atoms with Gasteiger partial charge < -0.3 is 10.1 Å². The third kappa shape index (κ3) is 5.13. The van der Waals surface area contributed by atoms with Crippen molar-refractivity contribution in [1.29, 1.82) is 5.26 Å². The van der Waals surface area contributed by atoms with Crippen molar-refractivity contribution in [2.75, 3.05) is 0 Å². The number of benzene rings is 2. The topological polar surface area (TPSA) is 62.1 Å². The van der Waals surface area contributed by atoms with Gasteiger partial charge in [0.05, 0.1) is 5.56 Å². The van der Waals surface area contributed by atoms with E-state index < -0.39 is 6.10 Å². The Kier molecular flexibility index (Phi) is 6.39. The molecule has 0 fully saturated rings. The van der Waals surface area contributed by atoms with Crippen molar-refractivity contribution in [2.45, 2.75) is 38.8 Å². The zero-order valence-electron chi connectivity index (χ0n) is 14.0. The Bertz CT molecular complexity index is 707. The summed E-state index contributed by atoms with van der Waals surface area (Å²) in [4.78, 5) is 12.2. The molecular formula is C20H22N2O2. The number of para-hydroxylation sites is 1. The Hall–Kier alpha value is -2.80. The SMILES string of the molecule is C[C@H](Oc1ccccc1C#N)C(=O)N[C@@H](C)CCc1ccccc1. The van der Waals surface area contributed by atoms with Crippen LogP contribution in [0.25, 0.3) is 0 Å². The van der Waals surface area contributed by atoms with Gasteiger partial charge in [0, 0.05) is 6.04 Å². The van der Waals surface area contributed by atoms with Crippen molar-refractivity contribution in [2.24, 2.45) is 0 Å². The summed E-state index contributed by atoms with van der Waals surface area (Å²) >= 11 is 0. The molecule has 1 amide bonds. The maximum atomic E-state index is 12.2. The van der Waals surface area contributed by atoms with Crippen molar-refractivity contribution >= 4 is 5.91 Å². The summed E-state index contributed by atoms with van der Waals surface area (Å²) in [5.41, 5.74) is 1.68. The quantitative estimate of drug-likeness (QED) is 0.849. The largest absolute Gasteiger partial charge is 0.480 e. The van der Waals surface area contributed by atoms with Crippen LogP contribution in [-0.4, -0.2) is 18.1 Å². The predicted molar refractivity (Wildman–Crippen MR) is 93.6 cm³/mol. The summed E-state index contributed by atoms with van der Waals surface area (Å²) in [6.45, 7) is 3.67. The lowest BCUT2D eigenvalue weighted by atomic mass is 10.1. The van der Waals surface area contributed by atoms with Gasteiger partial charge in [0.2, 0.25) is 0 Å². The van der Waals surface area contributed by atoms with Crippen LogP contribution in [0.5, 0.6) is 5.75 Å². The lowest BCUT2D eigenvalue weighted by Crippen LogP contribution is -2.41. The lowest BCUT2D eigenvalue weighted by Gasteiger charge is -2.19. The number of nitriles is 1. The van der Waals surface area contributed by atoms with E-state index in [0.717, 1.165) is 12.8 Å². The van der Waals surface area contributed by atoms with Crippen molar-refractivity contribution in [3.8, 4) is 11.8 Å². The minimum Gasteiger partial charge on any atom is -0.480 e. The third-order valence-electron chi connectivity index (χ3n) is 3.78. The number of carbonyl (C=O) groups excluding carboxylic acids is 1. The van der Waals surface area contributed by atoms with Crippen molar-refractivity contribution in [3.05, 3.63) is 65.7 Å². The molecule has 0 spiro atoms. The molecule has 0 bridgehead atoms. The first-order chi connectivity index (χ1) is 11.6. The monoisotopic (exact) mass is 322 g/mol. The van der Waals surface area contributed by atoms with Crippen LogP contribution in [0.1, 0.15) is 31.4 Å². The van der Waals surface area contributed by atoms with Crippen LogP contribution in [0.2, 0.25) is 0 Å². The van der Waals surface area contributed by atoms with Crippen molar-refractivity contribution in [1.82, 2.24) is 5.32 Å². The van der Waals surface area contributed by atoms with Crippen LogP contribution in [0.15, 0.2) is 54.6 Å². The number of hydrogen-bond acceptors (Lipinski definition) is 3. The van der Waals surface area contributed by atoms with Gasteiger partial charge >= 0.3 is 0 Å². The van der Waals surface area contributed by atoms with E-state index in [1.165, 1.54) is 5.56 Å². The minimum atomic E-state index is -0.654. The second-order valence-corrected chi connectivity index (χ2v) is 5.80. The molecule has 1 N–H and O–H groups in total. The fraction of sp³-hybridized carbons (Fsp3) is 0.300. The second-order valence-electron chi connectivity index (χ2n) is 5.80. The van der Waals surface area contributed by atoms with Gasteiger partial charge in [-0.1, -0.05) is 42.5 Å². The highest BCUT2D eigenvalue weighted by Gasteiger charge is 2.18. The third-order valence-corrected chi connectivity index (χ3v) is 3.78. The standard InChI is InChI=1S/C20H22N2O2/c1-15(12-13-17-8-4-3-5-9-17)22-20(23)16(2)24-19-11-7-6-10-18(19)14-21/h3-11,15-16H,12-13H2,1-2H3,(H,22,23)/t15-,16-/m0/s1. The van der Waals surface area contributed by atoms with Gasteiger partial charge in [0.25, 0.3) is 5.91 Å². The van der Waals surface area contributed by atoms with E-state index in [1.807, 2.05) is 25.1 Å². The Morgan fingerprint density at radius 1 is 1.12 bits per heavy atom. The van der Waals surface area contributed by atoms with Gasteiger partial charge in [-0.05, 0) is 44.4 Å². The molecule has 0 aliphatic carbocycles. The number of carbonyl (C=O) groups is 1. The molecule has 4 heteroatoms. The number of nitrogens with zero attached hydrogens (tertiary/aromatic N) is 1. The van der Waals surface area contributed by atoms with Gasteiger partial charge in [-0.25, -0.2) is 0 Å². The summed E-state index contributed by atoms with van der Waals surface area (Å²) in [5.74, 6) is 0.253. The van der Waals surface area contributed by atoms with Crippen LogP contribution in [0.4, 0.5) is 0 Å². The smallest absolute Gasteiger partial charge is 0.260 e. The first-order valence-electron chi connectivity index (χ1n) is 8.10. The van der Waals surface area contributed by atoms with E-state index in [2.05, 4.69) is 23.5 Å². The highest BCUT2D eigenvalue weighted by Crippen LogP contribution is 2.18. The van der Waals surface area contributed by atoms with E-state index >= 15 is 0 Å². The van der Waals surface area contributed by atoms with Crippen LogP contribution in [0.3, 0.4) is 0 Å². The second kappa shape index (κ2) is 8.73. The molecule has 124 valence electrons. The molecule has 2 aromatic carbocycles. The molecule has 24 heavy (non-hydrogen) atoms. The summed E-state index contributed by atoms with van der Waals surface area (Å²) in [7, 11) is 0. The van der Waals surface area contributed by atoms with E-state index in [4.69, 9.17) is 10.00 Å². The van der Waals surface area contributed by atoms with E-state index in [1.54, 1.807) is 31.2 Å². The number of amides is 1. The zero-order chi connectivity index (χ0) is 17.4. The number of hydrogen-bond donors (Lipinski definition) is 1. The van der Waals surface area contributed by atoms with Gasteiger partial charge in [-0.15, -0.1) is 0 Å². The van der Waals surface area contributed by atoms with Crippen LogP contribution in [0, 0.1) is 11.3 Å². The molecule has 0 unspecified atom stereocenters. The minimum absolute atomic E-state index is 0.0509. The van der Waals surface area contributed by atoms with Gasteiger partial charge in [-0.2, -0.15) is 5.26 Å². The summed E-state index contributed by atoms with van der Waals surface area (Å²) in [5, 5.41) is 12.0. The van der Waals surface area contributed by atoms with Crippen LogP contribution < -0.4 is 10.1 Å². The molecule has 2 rings (SSSR count). The van der Waals surface area contributed by atoms with Gasteiger partial charge in [0.15, 0.2) is 6.10 Å². The molecule has 2 aromatic rings. The summed E-state index contributed by atoms with van der Waals surface area (Å²) in [6.07, 6.45) is 1.12. The number of ether oxygens (including phenoxy) is 1. The van der Waals surface area contributed by atoms with Crippen LogP contribution >= 0.6 is 0 Å². The lowest BCUT2D eigenvalue weighted by molar-refractivity contribution is -0.127. The highest BCUT2D eigenvalue weighted by molar-refractivity contribution is 5.81. The average molecular weight is 322 g/mol.